The van der Waals surface area contributed by atoms with Crippen LogP contribution in [0, 0.1) is 5.92 Å². The van der Waals surface area contributed by atoms with E-state index < -0.39 is 58.5 Å². The summed E-state index contributed by atoms with van der Waals surface area (Å²) < 4.78 is 25.0. The van der Waals surface area contributed by atoms with Gasteiger partial charge in [0.2, 0.25) is 12.3 Å². The Balaban J connectivity index is 2.36. The molecule has 328 valence electrons. The molecule has 0 spiro atoms. The minimum Gasteiger partial charge on any atom is -0.494 e. The number of hydrogen-bond donors (Lipinski definition) is 5. The molecule has 58 heavy (non-hydrogen) atoms. The second-order valence-electron chi connectivity index (χ2n) is 18.1. The van der Waals surface area contributed by atoms with E-state index in [0.29, 0.717) is 48.0 Å². The molecule has 2 unspecified atom stereocenters. The molecule has 2 atom stereocenters. The van der Waals surface area contributed by atoms with E-state index in [1.807, 2.05) is 13.8 Å². The highest BCUT2D eigenvalue weighted by Crippen LogP contribution is 2.39. The molecule has 1 aromatic carbocycles. The largest absolute Gasteiger partial charge is 0.494 e. The van der Waals surface area contributed by atoms with Crippen LogP contribution >= 0.6 is 0 Å². The van der Waals surface area contributed by atoms with Crippen LogP contribution in [0.5, 0.6) is 5.75 Å². The highest BCUT2D eigenvalue weighted by molar-refractivity contribution is 6.74. The monoisotopic (exact) mass is 848 g/mol. The van der Waals surface area contributed by atoms with Crippen molar-refractivity contribution in [3.05, 3.63) is 41.7 Å². The van der Waals surface area contributed by atoms with Crippen molar-refractivity contribution in [2.24, 2.45) is 5.92 Å². The summed E-state index contributed by atoms with van der Waals surface area (Å²) in [5.74, 6) is -1.48. The number of carbonyl (C=O) groups is 4. The summed E-state index contributed by atoms with van der Waals surface area (Å²) in [6.45, 7) is 26.7. The van der Waals surface area contributed by atoms with Crippen molar-refractivity contribution in [1.82, 2.24) is 21.0 Å². The van der Waals surface area contributed by atoms with Gasteiger partial charge in [0.1, 0.15) is 17.0 Å². The first-order chi connectivity index (χ1) is 26.9. The minimum absolute atomic E-state index is 0.0321. The van der Waals surface area contributed by atoms with Crippen molar-refractivity contribution in [2.75, 3.05) is 33.1 Å². The van der Waals surface area contributed by atoms with Crippen molar-refractivity contribution in [3.63, 3.8) is 0 Å². The number of carbonyl (C=O) groups excluding carboxylic acids is 4. The highest BCUT2D eigenvalue weighted by atomic mass is 28.4. The summed E-state index contributed by atoms with van der Waals surface area (Å²) in [5, 5.41) is 29.8. The quantitative estimate of drug-likeness (QED) is 0.0177. The molecule has 0 aliphatic heterocycles. The van der Waals surface area contributed by atoms with E-state index >= 15 is 0 Å². The third-order valence-corrected chi connectivity index (χ3v) is 20.6. The summed E-state index contributed by atoms with van der Waals surface area (Å²) in [6, 6.07) is 7.31. The molecule has 0 aliphatic carbocycles. The van der Waals surface area contributed by atoms with Crippen molar-refractivity contribution < 1.29 is 47.5 Å². The predicted molar refractivity (Wildman–Crippen MR) is 231 cm³/mol. The number of amides is 4. The number of benzene rings is 1. The molecule has 4 amide bonds. The van der Waals surface area contributed by atoms with Crippen LogP contribution in [0.15, 0.2) is 34.7 Å². The second-order valence-corrected chi connectivity index (χ2v) is 27.7. The number of aliphatic hydroxyl groups is 1. The Morgan fingerprint density at radius 1 is 0.879 bits per heavy atom. The number of aliphatic hydroxyl groups excluding tert-OH is 1. The minimum atomic E-state index is -2.31. The van der Waals surface area contributed by atoms with Gasteiger partial charge in [0.25, 0.3) is 11.8 Å². The summed E-state index contributed by atoms with van der Waals surface area (Å²) >= 11 is 0. The first-order valence-electron chi connectivity index (χ1n) is 20.5. The fraction of sp³-hybridized carbons (Fsp3) is 0.667. The van der Waals surface area contributed by atoms with Gasteiger partial charge in [0, 0.05) is 11.1 Å². The molecule has 1 aromatic heterocycles. The maximum atomic E-state index is 14.2. The van der Waals surface area contributed by atoms with E-state index in [4.69, 9.17) is 18.0 Å². The Bertz CT molecular complexity index is 1620. The maximum Gasteiger partial charge on any atom is 0.288 e. The van der Waals surface area contributed by atoms with Crippen LogP contribution in [-0.2, 0) is 18.4 Å². The summed E-state index contributed by atoms with van der Waals surface area (Å²) in [7, 11) is -4.61. The molecule has 0 fully saturated rings. The molecule has 0 radical (unpaired) electrons. The van der Waals surface area contributed by atoms with Gasteiger partial charge < -0.3 is 39.1 Å². The zero-order valence-electron chi connectivity index (χ0n) is 37.3. The van der Waals surface area contributed by atoms with Crippen molar-refractivity contribution >= 4 is 40.8 Å². The molecule has 14 nitrogen and oxygen atoms in total. The number of unbranched alkanes of at least 4 members (excludes halogenated alkanes) is 2. The number of rotatable bonds is 24. The van der Waals surface area contributed by atoms with Gasteiger partial charge in [-0.2, -0.15) is 0 Å². The van der Waals surface area contributed by atoms with Gasteiger partial charge >= 0.3 is 0 Å². The molecule has 0 saturated carbocycles. The van der Waals surface area contributed by atoms with Crippen molar-refractivity contribution in [2.45, 2.75) is 142 Å². The van der Waals surface area contributed by atoms with E-state index in [1.54, 1.807) is 31.2 Å². The lowest BCUT2D eigenvalue weighted by Gasteiger charge is -2.43. The van der Waals surface area contributed by atoms with E-state index in [2.05, 4.69) is 83.7 Å². The SMILES string of the molecule is CCCCCC(C(=O)NCNC(=O)c1ccc(-c2cc(OCC)cc(C(=O)NC(CO)(CO[Si](C)(C)C(C)(C)C)CO[Si](C)(C)C(C)(C)C)c2)o1)C(CC)N(O)C=O. The number of furan rings is 1. The molecular weight excluding hydrogens is 777 g/mol. The predicted octanol–water partition coefficient (Wildman–Crippen LogP) is 7.48. The Hall–Kier alpha value is -3.55. The lowest BCUT2D eigenvalue weighted by molar-refractivity contribution is -0.168. The Morgan fingerprint density at radius 2 is 1.48 bits per heavy atom. The number of ether oxygens (including phenoxy) is 1. The van der Waals surface area contributed by atoms with E-state index in [9.17, 15) is 29.5 Å². The second kappa shape index (κ2) is 21.6. The highest BCUT2D eigenvalue weighted by Gasteiger charge is 2.44. The molecule has 16 heteroatoms. The number of nitrogens with one attached hydrogen (secondary N) is 3. The van der Waals surface area contributed by atoms with E-state index in [1.165, 1.54) is 6.07 Å². The zero-order chi connectivity index (χ0) is 44.1. The van der Waals surface area contributed by atoms with Crippen LogP contribution in [0.2, 0.25) is 36.3 Å². The van der Waals surface area contributed by atoms with Crippen LogP contribution < -0.4 is 20.7 Å². The molecule has 0 aliphatic rings. The fourth-order valence-corrected chi connectivity index (χ4v) is 7.78. The normalized spacial score (nSPS) is 13.7. The van der Waals surface area contributed by atoms with Gasteiger partial charge in [-0.1, -0.05) is 74.7 Å². The lowest BCUT2D eigenvalue weighted by atomic mass is 9.90. The van der Waals surface area contributed by atoms with Gasteiger partial charge in [-0.3, -0.25) is 24.4 Å². The summed E-state index contributed by atoms with van der Waals surface area (Å²) in [5.41, 5.74) is -0.551. The van der Waals surface area contributed by atoms with Gasteiger partial charge in [-0.25, -0.2) is 5.06 Å². The zero-order valence-corrected chi connectivity index (χ0v) is 39.3. The maximum absolute atomic E-state index is 14.2. The smallest absolute Gasteiger partial charge is 0.288 e. The molecule has 0 bridgehead atoms. The molecule has 2 rings (SSSR count). The molecule has 1 heterocycles. The van der Waals surface area contributed by atoms with Gasteiger partial charge in [-0.05, 0) is 86.4 Å². The van der Waals surface area contributed by atoms with Gasteiger partial charge in [0.05, 0.1) is 45.1 Å². The topological polar surface area (TPSA) is 189 Å². The standard InChI is InChI=1S/C42H72N4O10Si2/c1-14-17-18-19-33(34(15-2)46(52)29-48)38(50)43-28-44-39(51)36-21-20-35(56-36)30-22-31(24-32(23-30)53-16-3)37(49)45-42(25-47,26-54-57(10,11)40(4,5)6)27-55-58(12,13)41(7,8)9/h20-24,29,33-34,47,52H,14-19,25-28H2,1-13H3,(H,43,50)(H,44,51)(H,45,49). The van der Waals surface area contributed by atoms with E-state index in [-0.39, 0.29) is 41.3 Å². The molecule has 0 saturated heterocycles. The molecular formula is C42H72N4O10Si2. The first-order valence-corrected chi connectivity index (χ1v) is 26.3. The lowest BCUT2D eigenvalue weighted by Crippen LogP contribution is -2.61. The molecule has 5 N–H and O–H groups in total. The van der Waals surface area contributed by atoms with Crippen molar-refractivity contribution in [3.8, 4) is 17.1 Å². The average Bonchev–Trinajstić information content (AvgIpc) is 3.65. The number of hydrogen-bond acceptors (Lipinski definition) is 10. The Labute approximate surface area is 348 Å². The van der Waals surface area contributed by atoms with Crippen LogP contribution in [0.4, 0.5) is 0 Å². The van der Waals surface area contributed by atoms with E-state index in [0.717, 1.165) is 19.3 Å². The van der Waals surface area contributed by atoms with Crippen LogP contribution in [0.1, 0.15) is 115 Å². The van der Waals surface area contributed by atoms with Gasteiger partial charge in [-0.15, -0.1) is 0 Å². The number of nitrogens with zero attached hydrogens (tertiary/aromatic N) is 1. The van der Waals surface area contributed by atoms with Gasteiger partial charge in [0.15, 0.2) is 22.4 Å². The average molecular weight is 849 g/mol. The van der Waals surface area contributed by atoms with Crippen LogP contribution in [-0.4, -0.2) is 101 Å². The summed E-state index contributed by atoms with van der Waals surface area (Å²) in [6.07, 6.45) is 3.71. The third kappa shape index (κ3) is 14.0. The third-order valence-electron chi connectivity index (χ3n) is 11.6. The first kappa shape index (κ1) is 50.6. The summed E-state index contributed by atoms with van der Waals surface area (Å²) in [4.78, 5) is 51.8. The van der Waals surface area contributed by atoms with Crippen LogP contribution in [0.25, 0.3) is 11.3 Å². The Kier molecular flexibility index (Phi) is 18.9. The fourth-order valence-electron chi connectivity index (χ4n) is 5.64. The molecule has 2 aromatic rings. The van der Waals surface area contributed by atoms with Crippen molar-refractivity contribution in [1.29, 1.82) is 0 Å². The van der Waals surface area contributed by atoms with Crippen LogP contribution in [0.3, 0.4) is 0 Å². The Morgan fingerprint density at radius 3 is 1.98 bits per heavy atom. The number of hydroxylamine groups is 2.